The van der Waals surface area contributed by atoms with E-state index in [2.05, 4.69) is 50.4 Å². The molecule has 0 spiro atoms. The molecule has 1 N–H and O–H groups in total. The van der Waals surface area contributed by atoms with Gasteiger partial charge < -0.3 is 5.32 Å². The summed E-state index contributed by atoms with van der Waals surface area (Å²) >= 11 is 0. The average molecular weight is 191 g/mol. The lowest BCUT2D eigenvalue weighted by Crippen LogP contribution is -2.23. The van der Waals surface area contributed by atoms with Gasteiger partial charge in [-0.05, 0) is 31.9 Å². The van der Waals surface area contributed by atoms with Crippen molar-refractivity contribution in [2.75, 3.05) is 6.54 Å². The van der Waals surface area contributed by atoms with Crippen molar-refractivity contribution >= 4 is 0 Å². The van der Waals surface area contributed by atoms with Crippen molar-refractivity contribution in [3.8, 4) is 0 Å². The molecule has 78 valence electrons. The Morgan fingerprint density at radius 3 is 2.36 bits per heavy atom. The van der Waals surface area contributed by atoms with Crippen molar-refractivity contribution < 1.29 is 0 Å². The Bertz CT molecular complexity index is 248. The van der Waals surface area contributed by atoms with Gasteiger partial charge in [0.1, 0.15) is 0 Å². The lowest BCUT2D eigenvalue weighted by atomic mass is 10.1. The zero-order chi connectivity index (χ0) is 10.4. The number of aryl methyl sites for hydroxylation is 2. The van der Waals surface area contributed by atoms with Crippen molar-refractivity contribution in [1.82, 2.24) is 5.32 Å². The predicted octanol–water partition coefficient (Wildman–Crippen LogP) is 2.93. The molecule has 0 atom stereocenters. The van der Waals surface area contributed by atoms with Crippen LogP contribution in [0.3, 0.4) is 0 Å². The third-order valence-electron chi connectivity index (χ3n) is 2.32. The summed E-state index contributed by atoms with van der Waals surface area (Å²) in [6, 6.07) is 9.43. The Morgan fingerprint density at radius 2 is 1.79 bits per heavy atom. The highest BCUT2D eigenvalue weighted by Crippen LogP contribution is 2.05. The molecule has 14 heavy (non-hydrogen) atoms. The third kappa shape index (κ3) is 4.43. The maximum Gasteiger partial charge on any atom is 0.00103 e. The first-order valence-corrected chi connectivity index (χ1v) is 5.47. The SMILES string of the molecule is Cc1ccc(CCCNC(C)C)cc1. The van der Waals surface area contributed by atoms with Crippen LogP contribution < -0.4 is 5.32 Å². The monoisotopic (exact) mass is 191 g/mol. The molecule has 0 saturated carbocycles. The van der Waals surface area contributed by atoms with E-state index in [-0.39, 0.29) is 0 Å². The molecule has 0 heterocycles. The zero-order valence-electron chi connectivity index (χ0n) is 9.51. The van der Waals surface area contributed by atoms with Gasteiger partial charge in [0, 0.05) is 6.04 Å². The van der Waals surface area contributed by atoms with E-state index in [1.165, 1.54) is 24.0 Å². The molecule has 1 nitrogen and oxygen atoms in total. The topological polar surface area (TPSA) is 12.0 Å². The van der Waals surface area contributed by atoms with Crippen LogP contribution in [0.5, 0.6) is 0 Å². The molecule has 1 heteroatoms. The smallest absolute Gasteiger partial charge is 0.00103 e. The van der Waals surface area contributed by atoms with E-state index >= 15 is 0 Å². The molecule has 0 unspecified atom stereocenters. The van der Waals surface area contributed by atoms with Crippen molar-refractivity contribution in [3.05, 3.63) is 35.4 Å². The Kier molecular flexibility index (Phi) is 4.68. The molecular formula is C13H21N. The minimum atomic E-state index is 0.605. The largest absolute Gasteiger partial charge is 0.315 e. The first kappa shape index (κ1) is 11.3. The average Bonchev–Trinajstić information content (AvgIpc) is 2.15. The summed E-state index contributed by atoms with van der Waals surface area (Å²) in [6.45, 7) is 7.62. The van der Waals surface area contributed by atoms with E-state index in [0.29, 0.717) is 6.04 Å². The first-order chi connectivity index (χ1) is 6.68. The maximum absolute atomic E-state index is 3.43. The summed E-state index contributed by atoms with van der Waals surface area (Å²) in [5, 5.41) is 3.43. The summed E-state index contributed by atoms with van der Waals surface area (Å²) in [6.07, 6.45) is 2.40. The van der Waals surface area contributed by atoms with Crippen molar-refractivity contribution in [3.63, 3.8) is 0 Å². The van der Waals surface area contributed by atoms with E-state index in [0.717, 1.165) is 6.54 Å². The van der Waals surface area contributed by atoms with Crippen molar-refractivity contribution in [1.29, 1.82) is 0 Å². The fourth-order valence-electron chi connectivity index (χ4n) is 1.44. The van der Waals surface area contributed by atoms with Crippen LogP contribution in [0.4, 0.5) is 0 Å². The van der Waals surface area contributed by atoms with Gasteiger partial charge in [-0.1, -0.05) is 43.7 Å². The normalized spacial score (nSPS) is 10.9. The minimum absolute atomic E-state index is 0.605. The first-order valence-electron chi connectivity index (χ1n) is 5.47. The highest BCUT2D eigenvalue weighted by atomic mass is 14.9. The standard InChI is InChI=1S/C13H21N/c1-11(2)14-10-4-5-13-8-6-12(3)7-9-13/h6-9,11,14H,4-5,10H2,1-3H3. The third-order valence-corrected chi connectivity index (χ3v) is 2.32. The second-order valence-electron chi connectivity index (χ2n) is 4.20. The second kappa shape index (κ2) is 5.82. The van der Waals surface area contributed by atoms with E-state index < -0.39 is 0 Å². The molecular weight excluding hydrogens is 170 g/mol. The van der Waals surface area contributed by atoms with Crippen LogP contribution in [-0.2, 0) is 6.42 Å². The van der Waals surface area contributed by atoms with Crippen LogP contribution in [0, 0.1) is 6.92 Å². The van der Waals surface area contributed by atoms with Gasteiger partial charge in [0.05, 0.1) is 0 Å². The van der Waals surface area contributed by atoms with Crippen LogP contribution in [0.25, 0.3) is 0 Å². The summed E-state index contributed by atoms with van der Waals surface area (Å²) in [5.41, 5.74) is 2.79. The van der Waals surface area contributed by atoms with Crippen molar-refractivity contribution in [2.45, 2.75) is 39.7 Å². The molecule has 0 aliphatic carbocycles. The van der Waals surface area contributed by atoms with Gasteiger partial charge >= 0.3 is 0 Å². The van der Waals surface area contributed by atoms with Gasteiger partial charge in [-0.2, -0.15) is 0 Å². The van der Waals surface area contributed by atoms with Gasteiger partial charge in [-0.25, -0.2) is 0 Å². The zero-order valence-corrected chi connectivity index (χ0v) is 9.51. The molecule has 0 saturated heterocycles. The van der Waals surface area contributed by atoms with E-state index in [1.807, 2.05) is 0 Å². The molecule has 0 amide bonds. The Labute approximate surface area is 87.5 Å². The molecule has 1 aromatic carbocycles. The Hall–Kier alpha value is -0.820. The van der Waals surface area contributed by atoms with E-state index in [9.17, 15) is 0 Å². The molecule has 1 rings (SSSR count). The maximum atomic E-state index is 3.43. The molecule has 0 fully saturated rings. The molecule has 0 aliphatic heterocycles. The molecule has 0 aromatic heterocycles. The van der Waals surface area contributed by atoms with Crippen LogP contribution in [0.1, 0.15) is 31.4 Å². The predicted molar refractivity (Wildman–Crippen MR) is 62.6 cm³/mol. The Morgan fingerprint density at radius 1 is 1.14 bits per heavy atom. The van der Waals surface area contributed by atoms with Crippen LogP contribution in [0.15, 0.2) is 24.3 Å². The van der Waals surface area contributed by atoms with Gasteiger partial charge in [0.15, 0.2) is 0 Å². The van der Waals surface area contributed by atoms with Gasteiger partial charge in [-0.3, -0.25) is 0 Å². The fraction of sp³-hybridized carbons (Fsp3) is 0.538. The summed E-state index contributed by atoms with van der Waals surface area (Å²) in [4.78, 5) is 0. The molecule has 1 aromatic rings. The lowest BCUT2D eigenvalue weighted by molar-refractivity contribution is 0.570. The summed E-state index contributed by atoms with van der Waals surface area (Å²) in [5.74, 6) is 0. The minimum Gasteiger partial charge on any atom is -0.315 e. The highest BCUT2D eigenvalue weighted by Gasteiger charge is 1.94. The number of hydrogen-bond donors (Lipinski definition) is 1. The molecule has 0 radical (unpaired) electrons. The van der Waals surface area contributed by atoms with Crippen LogP contribution in [-0.4, -0.2) is 12.6 Å². The number of nitrogens with one attached hydrogen (secondary N) is 1. The molecule has 0 bridgehead atoms. The number of rotatable bonds is 5. The molecule has 0 aliphatic rings. The highest BCUT2D eigenvalue weighted by molar-refractivity contribution is 5.21. The Balaban J connectivity index is 2.21. The second-order valence-corrected chi connectivity index (χ2v) is 4.20. The summed E-state index contributed by atoms with van der Waals surface area (Å²) in [7, 11) is 0. The number of benzene rings is 1. The van der Waals surface area contributed by atoms with Crippen molar-refractivity contribution in [2.24, 2.45) is 0 Å². The lowest BCUT2D eigenvalue weighted by Gasteiger charge is -2.07. The van der Waals surface area contributed by atoms with Crippen LogP contribution in [0.2, 0.25) is 0 Å². The van der Waals surface area contributed by atoms with Gasteiger partial charge in [0.2, 0.25) is 0 Å². The quantitative estimate of drug-likeness (QED) is 0.706. The number of hydrogen-bond acceptors (Lipinski definition) is 1. The van der Waals surface area contributed by atoms with Gasteiger partial charge in [-0.15, -0.1) is 0 Å². The van der Waals surface area contributed by atoms with Gasteiger partial charge in [0.25, 0.3) is 0 Å². The van der Waals surface area contributed by atoms with E-state index in [1.54, 1.807) is 0 Å². The fourth-order valence-corrected chi connectivity index (χ4v) is 1.44. The summed E-state index contributed by atoms with van der Waals surface area (Å²) < 4.78 is 0. The van der Waals surface area contributed by atoms with E-state index in [4.69, 9.17) is 0 Å². The van der Waals surface area contributed by atoms with Crippen LogP contribution >= 0.6 is 0 Å².